The number of para-hydroxylation sites is 1. The van der Waals surface area contributed by atoms with Gasteiger partial charge in [0.1, 0.15) is 5.82 Å². The van der Waals surface area contributed by atoms with Gasteiger partial charge < -0.3 is 4.90 Å². The summed E-state index contributed by atoms with van der Waals surface area (Å²) in [5.41, 5.74) is 1.21. The van der Waals surface area contributed by atoms with Gasteiger partial charge in [-0.25, -0.2) is 17.5 Å². The van der Waals surface area contributed by atoms with E-state index in [1.54, 1.807) is 11.3 Å². The molecule has 5 nitrogen and oxygen atoms in total. The van der Waals surface area contributed by atoms with Gasteiger partial charge in [0, 0.05) is 42.8 Å². The van der Waals surface area contributed by atoms with Crippen molar-refractivity contribution in [1.29, 1.82) is 0 Å². The van der Waals surface area contributed by atoms with E-state index < -0.39 is 15.8 Å². The molecule has 1 aliphatic rings. The second kappa shape index (κ2) is 9.48. The van der Waals surface area contributed by atoms with Gasteiger partial charge in [-0.3, -0.25) is 4.90 Å². The van der Waals surface area contributed by atoms with Gasteiger partial charge in [0.2, 0.25) is 10.0 Å². The zero-order valence-corrected chi connectivity index (χ0v) is 18.9. The molecular weight excluding hydrogens is 433 g/mol. The van der Waals surface area contributed by atoms with Crippen molar-refractivity contribution in [3.05, 3.63) is 82.8 Å². The molecule has 2 aromatic carbocycles. The minimum atomic E-state index is -3.75. The van der Waals surface area contributed by atoms with Crippen LogP contribution in [0.4, 0.5) is 10.1 Å². The maximum absolute atomic E-state index is 13.2. The normalized spacial score (nSPS) is 17.4. The highest BCUT2D eigenvalue weighted by Crippen LogP contribution is 2.31. The van der Waals surface area contributed by atoms with E-state index >= 15 is 0 Å². The summed E-state index contributed by atoms with van der Waals surface area (Å²) < 4.78 is 41.8. The number of thiophene rings is 1. The molecule has 1 aliphatic heterocycles. The van der Waals surface area contributed by atoms with Gasteiger partial charge in [0.15, 0.2) is 0 Å². The van der Waals surface area contributed by atoms with Crippen LogP contribution in [0.15, 0.2) is 77.0 Å². The fourth-order valence-electron chi connectivity index (χ4n) is 4.09. The zero-order valence-electron chi connectivity index (χ0n) is 17.3. The van der Waals surface area contributed by atoms with E-state index in [9.17, 15) is 12.8 Å². The van der Waals surface area contributed by atoms with E-state index in [0.717, 1.165) is 31.1 Å². The number of halogens is 1. The van der Waals surface area contributed by atoms with Gasteiger partial charge in [0.25, 0.3) is 0 Å². The highest BCUT2D eigenvalue weighted by Gasteiger charge is 2.32. The Bertz CT molecular complexity index is 1070. The van der Waals surface area contributed by atoms with Gasteiger partial charge in [-0.15, -0.1) is 11.3 Å². The molecule has 0 amide bonds. The number of benzene rings is 2. The second-order valence-electron chi connectivity index (χ2n) is 7.68. The van der Waals surface area contributed by atoms with E-state index in [0.29, 0.717) is 0 Å². The van der Waals surface area contributed by atoms with Crippen molar-refractivity contribution in [2.75, 3.05) is 31.1 Å². The summed E-state index contributed by atoms with van der Waals surface area (Å²) in [5, 5.41) is 2.02. The number of nitrogens with zero attached hydrogens (tertiary/aromatic N) is 2. The Morgan fingerprint density at radius 3 is 2.23 bits per heavy atom. The molecule has 0 aliphatic carbocycles. The first kappa shape index (κ1) is 22.0. The van der Waals surface area contributed by atoms with Gasteiger partial charge >= 0.3 is 0 Å². The molecule has 2 heterocycles. The quantitative estimate of drug-likeness (QED) is 0.578. The van der Waals surface area contributed by atoms with E-state index in [4.69, 9.17) is 0 Å². The van der Waals surface area contributed by atoms with E-state index in [1.165, 1.54) is 30.0 Å². The third-order valence-electron chi connectivity index (χ3n) is 5.60. The fraction of sp³-hybridized carbons (Fsp3) is 0.304. The summed E-state index contributed by atoms with van der Waals surface area (Å²) in [5.74, 6) is -0.459. The van der Waals surface area contributed by atoms with Crippen molar-refractivity contribution < 1.29 is 12.8 Å². The first-order valence-electron chi connectivity index (χ1n) is 10.3. The maximum Gasteiger partial charge on any atom is 0.240 e. The van der Waals surface area contributed by atoms with Crippen molar-refractivity contribution in [3.8, 4) is 0 Å². The zero-order chi connectivity index (χ0) is 21.8. The van der Waals surface area contributed by atoms with Crippen molar-refractivity contribution in [2.45, 2.75) is 23.9 Å². The van der Waals surface area contributed by atoms with Crippen molar-refractivity contribution >= 4 is 27.0 Å². The molecule has 2 atom stereocenters. The Morgan fingerprint density at radius 1 is 0.935 bits per heavy atom. The molecule has 164 valence electrons. The van der Waals surface area contributed by atoms with Gasteiger partial charge in [0.05, 0.1) is 10.9 Å². The summed E-state index contributed by atoms with van der Waals surface area (Å²) in [6, 6.07) is 18.9. The van der Waals surface area contributed by atoms with Crippen LogP contribution in [0.3, 0.4) is 0 Å². The highest BCUT2D eigenvalue weighted by atomic mass is 32.2. The third-order valence-corrected chi connectivity index (χ3v) is 8.12. The molecule has 8 heteroatoms. The van der Waals surface area contributed by atoms with Gasteiger partial charge in [-0.05, 0) is 54.8 Å². The van der Waals surface area contributed by atoms with E-state index in [2.05, 4.69) is 32.7 Å². The standard InChI is InChI=1S/C23H26FN3O2S2/c1-18(25-31(28,29)21-11-9-19(24)10-12-21)23(22-8-5-17-30-22)27-15-13-26(14-16-27)20-6-3-2-4-7-20/h2-12,17-18,23,25H,13-16H2,1H3/t18-,23-/m1/s1. The molecule has 1 aromatic heterocycles. The average Bonchev–Trinajstić information content (AvgIpc) is 3.29. The number of rotatable bonds is 7. The number of sulfonamides is 1. The topological polar surface area (TPSA) is 52.7 Å². The largest absolute Gasteiger partial charge is 0.369 e. The molecule has 0 unspecified atom stereocenters. The van der Waals surface area contributed by atoms with Crippen LogP contribution >= 0.6 is 11.3 Å². The van der Waals surface area contributed by atoms with Crippen molar-refractivity contribution in [1.82, 2.24) is 9.62 Å². The minimum Gasteiger partial charge on any atom is -0.369 e. The molecule has 1 N–H and O–H groups in total. The molecule has 1 fully saturated rings. The Morgan fingerprint density at radius 2 is 1.61 bits per heavy atom. The van der Waals surface area contributed by atoms with Crippen LogP contribution in [0.2, 0.25) is 0 Å². The van der Waals surface area contributed by atoms with Gasteiger partial charge in [-0.2, -0.15) is 0 Å². The van der Waals surface area contributed by atoms with Crippen LogP contribution in [-0.2, 0) is 10.0 Å². The summed E-state index contributed by atoms with van der Waals surface area (Å²) in [7, 11) is -3.75. The first-order chi connectivity index (χ1) is 14.9. The fourth-order valence-corrected chi connectivity index (χ4v) is 6.30. The molecular formula is C23H26FN3O2S2. The number of nitrogens with one attached hydrogen (secondary N) is 1. The average molecular weight is 460 g/mol. The highest BCUT2D eigenvalue weighted by molar-refractivity contribution is 7.89. The SMILES string of the molecule is C[C@@H](NS(=O)(=O)c1ccc(F)cc1)[C@H](c1cccs1)N1CCN(c2ccccc2)CC1. The molecule has 0 bridgehead atoms. The Balaban J connectivity index is 1.50. The molecule has 0 saturated carbocycles. The lowest BCUT2D eigenvalue weighted by Gasteiger charge is -2.42. The number of anilines is 1. The summed E-state index contributed by atoms with van der Waals surface area (Å²) in [4.78, 5) is 5.90. The number of piperazine rings is 1. The smallest absolute Gasteiger partial charge is 0.240 e. The third kappa shape index (κ3) is 5.15. The Kier molecular flexibility index (Phi) is 6.71. The van der Waals surface area contributed by atoms with Crippen LogP contribution in [0, 0.1) is 5.82 Å². The monoisotopic (exact) mass is 459 g/mol. The van der Waals surface area contributed by atoms with Crippen LogP contribution in [0.1, 0.15) is 17.8 Å². The predicted octanol–water partition coefficient (Wildman–Crippen LogP) is 4.12. The van der Waals surface area contributed by atoms with Crippen LogP contribution in [0.25, 0.3) is 0 Å². The van der Waals surface area contributed by atoms with E-state index in [-0.39, 0.29) is 17.0 Å². The second-order valence-corrected chi connectivity index (χ2v) is 10.4. The summed E-state index contributed by atoms with van der Waals surface area (Å²) >= 11 is 1.63. The lowest BCUT2D eigenvalue weighted by Crippen LogP contribution is -2.52. The molecule has 31 heavy (non-hydrogen) atoms. The predicted molar refractivity (Wildman–Crippen MR) is 123 cm³/mol. The minimum absolute atomic E-state index is 0.0691. The molecule has 0 spiro atoms. The number of hydrogen-bond donors (Lipinski definition) is 1. The van der Waals surface area contributed by atoms with E-state index in [1.807, 2.05) is 36.6 Å². The molecule has 4 rings (SSSR count). The number of hydrogen-bond acceptors (Lipinski definition) is 5. The summed E-state index contributed by atoms with van der Waals surface area (Å²) in [6.45, 7) is 5.32. The first-order valence-corrected chi connectivity index (χ1v) is 12.7. The molecule has 1 saturated heterocycles. The van der Waals surface area contributed by atoms with Crippen LogP contribution in [-0.4, -0.2) is 45.5 Å². The Hall–Kier alpha value is -2.26. The van der Waals surface area contributed by atoms with Crippen LogP contribution in [0.5, 0.6) is 0 Å². The lowest BCUT2D eigenvalue weighted by atomic mass is 10.1. The molecule has 0 radical (unpaired) electrons. The lowest BCUT2D eigenvalue weighted by molar-refractivity contribution is 0.164. The molecule has 3 aromatic rings. The maximum atomic E-state index is 13.2. The summed E-state index contributed by atoms with van der Waals surface area (Å²) in [6.07, 6.45) is 0. The van der Waals surface area contributed by atoms with Crippen molar-refractivity contribution in [3.63, 3.8) is 0 Å². The van der Waals surface area contributed by atoms with Gasteiger partial charge in [-0.1, -0.05) is 24.3 Å². The Labute approximate surface area is 187 Å². The van der Waals surface area contributed by atoms with Crippen LogP contribution < -0.4 is 9.62 Å². The van der Waals surface area contributed by atoms with Crippen molar-refractivity contribution in [2.24, 2.45) is 0 Å².